The molecule has 11 atom stereocenters. The third-order valence-electron chi connectivity index (χ3n) is 14.7. The summed E-state index contributed by atoms with van der Waals surface area (Å²) >= 11 is 0. The molecule has 0 aliphatic heterocycles. The summed E-state index contributed by atoms with van der Waals surface area (Å²) in [5.74, 6) is 0.105. The molecule has 6 heteroatoms. The molecular formula is C36H57NO5. The van der Waals surface area contributed by atoms with Crippen LogP contribution in [0.2, 0.25) is 0 Å². The van der Waals surface area contributed by atoms with Crippen LogP contribution in [-0.2, 0) is 19.1 Å². The molecule has 5 rings (SSSR count). The molecule has 0 aromatic heterocycles. The zero-order valence-corrected chi connectivity index (χ0v) is 27.8. The van der Waals surface area contributed by atoms with E-state index in [9.17, 15) is 19.5 Å². The summed E-state index contributed by atoms with van der Waals surface area (Å²) in [6, 6.07) is 0. The summed E-state index contributed by atoms with van der Waals surface area (Å²) in [5.41, 5.74) is -0.375. The molecule has 5 aliphatic rings. The lowest BCUT2D eigenvalue weighted by Crippen LogP contribution is -2.68. The fraction of sp³-hybridized carbons (Fsp3) is 0.861. The van der Waals surface area contributed by atoms with Gasteiger partial charge in [-0.15, -0.1) is 0 Å². The van der Waals surface area contributed by atoms with Crippen molar-refractivity contribution in [3.63, 3.8) is 0 Å². The highest BCUT2D eigenvalue weighted by Crippen LogP contribution is 2.75. The molecule has 6 nitrogen and oxygen atoms in total. The van der Waals surface area contributed by atoms with Crippen LogP contribution in [0.4, 0.5) is 0 Å². The van der Waals surface area contributed by atoms with E-state index in [2.05, 4.69) is 47.6 Å². The predicted octanol–water partition coefficient (Wildman–Crippen LogP) is 7.16. The molecule has 0 saturated heterocycles. The van der Waals surface area contributed by atoms with Crippen LogP contribution >= 0.6 is 0 Å². The second-order valence-corrected chi connectivity index (χ2v) is 16.4. The number of esters is 1. The molecular weight excluding hydrogens is 526 g/mol. The van der Waals surface area contributed by atoms with Crippen molar-refractivity contribution in [2.24, 2.45) is 56.7 Å². The Bertz CT molecular complexity index is 1160. The number of carbonyl (C=O) groups is 3. The van der Waals surface area contributed by atoms with Crippen LogP contribution in [0.25, 0.3) is 0 Å². The van der Waals surface area contributed by atoms with Gasteiger partial charge in [-0.2, -0.15) is 0 Å². The number of rotatable bonds is 6. The number of allylic oxidation sites excluding steroid dienone is 2. The van der Waals surface area contributed by atoms with E-state index in [1.54, 1.807) is 6.92 Å². The third kappa shape index (κ3) is 4.23. The summed E-state index contributed by atoms with van der Waals surface area (Å²) in [5, 5.41) is 10.8. The lowest BCUT2D eigenvalue weighted by atomic mass is 9.33. The molecule has 0 aromatic carbocycles. The number of likely N-dealkylation sites (N-methyl/N-ethyl adjacent to an activating group) is 1. The summed E-state index contributed by atoms with van der Waals surface area (Å²) in [6.07, 6.45) is 8.90. The molecule has 1 N–H and O–H groups in total. The maximum Gasteiger partial charge on any atom is 0.320 e. The molecule has 4 saturated carbocycles. The van der Waals surface area contributed by atoms with Gasteiger partial charge in [0.05, 0.1) is 6.54 Å². The van der Waals surface area contributed by atoms with Crippen LogP contribution in [0, 0.1) is 56.7 Å². The first-order valence-corrected chi connectivity index (χ1v) is 16.9. The molecule has 0 aromatic rings. The fourth-order valence-electron chi connectivity index (χ4n) is 11.6. The standard InChI is InChI=1S/C36H57NO5/c1-10-37(11-2)21-28(39)42-27-14-16-33(6)26(36(27,9)31(40)41)13-17-35(8)30(33)25(38)20-24-29-23(4)22(3)12-15-32(29,5)18-19-34(24,35)7/h20,22-23,26-27,29-30H,10-19,21H2,1-9H3,(H,40,41)/t22-,23+,26-,27-,29+,30-,32-,33+,34-,35-,36-/m1/s1. The maximum atomic E-state index is 14.6. The van der Waals surface area contributed by atoms with E-state index in [0.717, 1.165) is 32.4 Å². The number of carboxylic acid groups (broad SMARTS) is 1. The molecule has 0 spiro atoms. The molecule has 0 bridgehead atoms. The van der Waals surface area contributed by atoms with Gasteiger partial charge < -0.3 is 9.84 Å². The number of hydrogen-bond donors (Lipinski definition) is 1. The van der Waals surface area contributed by atoms with Gasteiger partial charge in [-0.1, -0.05) is 61.0 Å². The fourth-order valence-corrected chi connectivity index (χ4v) is 11.6. The number of aliphatic carboxylic acids is 1. The Morgan fingerprint density at radius 2 is 1.62 bits per heavy atom. The second kappa shape index (κ2) is 10.4. The Labute approximate surface area is 254 Å². The molecule has 0 radical (unpaired) electrons. The number of carboxylic acids is 1. The average molecular weight is 584 g/mol. The van der Waals surface area contributed by atoms with E-state index >= 15 is 0 Å². The van der Waals surface area contributed by atoms with Crippen molar-refractivity contribution in [2.45, 2.75) is 120 Å². The van der Waals surface area contributed by atoms with Crippen LogP contribution in [-0.4, -0.2) is 53.5 Å². The van der Waals surface area contributed by atoms with Gasteiger partial charge in [-0.3, -0.25) is 19.3 Å². The Morgan fingerprint density at radius 3 is 2.24 bits per heavy atom. The first-order chi connectivity index (χ1) is 19.5. The quantitative estimate of drug-likeness (QED) is 0.334. The first kappa shape index (κ1) is 31.7. The minimum atomic E-state index is -1.24. The summed E-state index contributed by atoms with van der Waals surface area (Å²) < 4.78 is 6.02. The SMILES string of the molecule is CCN(CC)CC(=O)O[C@@H]1CC[C@@]2(C)[C@@H](CC[C@]3(C)[C@@H]2C(=O)C=C2[C@@H]4[C@@H](C)[C@H](C)CC[C@]4(C)CC[C@]23C)[C@@]1(C)C(=O)O. The van der Waals surface area contributed by atoms with Crippen molar-refractivity contribution in [3.05, 3.63) is 11.6 Å². The molecule has 4 fully saturated rings. The van der Waals surface area contributed by atoms with Crippen molar-refractivity contribution >= 4 is 17.7 Å². The summed E-state index contributed by atoms with van der Waals surface area (Å²) in [6.45, 7) is 21.7. The summed E-state index contributed by atoms with van der Waals surface area (Å²) in [7, 11) is 0. The Balaban J connectivity index is 1.52. The first-order valence-electron chi connectivity index (χ1n) is 16.9. The van der Waals surface area contributed by atoms with E-state index in [-0.39, 0.29) is 46.4 Å². The van der Waals surface area contributed by atoms with E-state index in [1.165, 1.54) is 24.8 Å². The molecule has 5 aliphatic carbocycles. The van der Waals surface area contributed by atoms with Gasteiger partial charge in [-0.25, -0.2) is 0 Å². The van der Waals surface area contributed by atoms with Gasteiger partial charge in [0.1, 0.15) is 11.5 Å². The number of ether oxygens (including phenoxy) is 1. The maximum absolute atomic E-state index is 14.6. The van der Waals surface area contributed by atoms with Gasteiger partial charge >= 0.3 is 11.9 Å². The van der Waals surface area contributed by atoms with Gasteiger partial charge in [-0.05, 0) is 123 Å². The molecule has 236 valence electrons. The highest BCUT2D eigenvalue weighted by molar-refractivity contribution is 5.96. The number of fused-ring (bicyclic) bond motifs is 7. The minimum Gasteiger partial charge on any atom is -0.481 e. The number of hydrogen-bond acceptors (Lipinski definition) is 5. The van der Waals surface area contributed by atoms with E-state index in [0.29, 0.717) is 30.6 Å². The summed E-state index contributed by atoms with van der Waals surface area (Å²) in [4.78, 5) is 42.7. The van der Waals surface area contributed by atoms with Gasteiger partial charge in [0.2, 0.25) is 0 Å². The lowest BCUT2D eigenvalue weighted by Gasteiger charge is -2.70. The Hall–Kier alpha value is -1.69. The van der Waals surface area contributed by atoms with Gasteiger partial charge in [0.25, 0.3) is 0 Å². The van der Waals surface area contributed by atoms with Crippen LogP contribution < -0.4 is 0 Å². The van der Waals surface area contributed by atoms with Crippen LogP contribution in [0.3, 0.4) is 0 Å². The van der Waals surface area contributed by atoms with Crippen LogP contribution in [0.5, 0.6) is 0 Å². The normalized spacial score (nSPS) is 48.3. The number of nitrogens with zero attached hydrogens (tertiary/aromatic N) is 1. The number of carbonyl (C=O) groups excluding carboxylic acids is 2. The van der Waals surface area contributed by atoms with E-state index in [4.69, 9.17) is 4.74 Å². The Morgan fingerprint density at radius 1 is 0.952 bits per heavy atom. The predicted molar refractivity (Wildman–Crippen MR) is 165 cm³/mol. The highest BCUT2D eigenvalue weighted by Gasteiger charge is 2.72. The van der Waals surface area contributed by atoms with Crippen LogP contribution in [0.15, 0.2) is 11.6 Å². The molecule has 0 heterocycles. The van der Waals surface area contributed by atoms with Gasteiger partial charge in [0.15, 0.2) is 5.78 Å². The van der Waals surface area contributed by atoms with Crippen molar-refractivity contribution in [3.8, 4) is 0 Å². The Kier molecular flexibility index (Phi) is 7.89. The highest BCUT2D eigenvalue weighted by atomic mass is 16.5. The largest absolute Gasteiger partial charge is 0.481 e. The zero-order chi connectivity index (χ0) is 31.0. The topological polar surface area (TPSA) is 83.9 Å². The van der Waals surface area contributed by atoms with Crippen molar-refractivity contribution in [1.82, 2.24) is 4.90 Å². The smallest absolute Gasteiger partial charge is 0.320 e. The lowest BCUT2D eigenvalue weighted by molar-refractivity contribution is -0.221. The van der Waals surface area contributed by atoms with Gasteiger partial charge in [0, 0.05) is 5.92 Å². The van der Waals surface area contributed by atoms with E-state index < -0.39 is 22.9 Å². The third-order valence-corrected chi connectivity index (χ3v) is 14.7. The molecule has 0 unspecified atom stereocenters. The monoisotopic (exact) mass is 583 g/mol. The van der Waals surface area contributed by atoms with Crippen molar-refractivity contribution in [2.75, 3.05) is 19.6 Å². The molecule has 42 heavy (non-hydrogen) atoms. The molecule has 0 amide bonds. The van der Waals surface area contributed by atoms with Crippen LogP contribution in [0.1, 0.15) is 114 Å². The second-order valence-electron chi connectivity index (χ2n) is 16.4. The average Bonchev–Trinajstić information content (AvgIpc) is 2.92. The minimum absolute atomic E-state index is 0.0816. The van der Waals surface area contributed by atoms with Crippen molar-refractivity contribution < 1.29 is 24.2 Å². The van der Waals surface area contributed by atoms with E-state index in [1.807, 2.05) is 18.7 Å². The van der Waals surface area contributed by atoms with Crippen molar-refractivity contribution in [1.29, 1.82) is 0 Å². The zero-order valence-electron chi connectivity index (χ0n) is 27.8. The number of ketones is 1.